The lowest BCUT2D eigenvalue weighted by Crippen LogP contribution is -2.36. The molecule has 1 amide bonds. The number of hydrogen-bond acceptors (Lipinski definition) is 9. The first-order valence-electron chi connectivity index (χ1n) is 13.2. The summed E-state index contributed by atoms with van der Waals surface area (Å²) < 4.78 is 14.4. The molecule has 4 aromatic rings. The Labute approximate surface area is 227 Å². The van der Waals surface area contributed by atoms with Crippen molar-refractivity contribution in [3.63, 3.8) is 0 Å². The summed E-state index contributed by atoms with van der Waals surface area (Å²) in [6, 6.07) is 8.53. The molecule has 1 aliphatic rings. The van der Waals surface area contributed by atoms with Gasteiger partial charge in [-0.3, -0.25) is 4.68 Å². The number of fused-ring (bicyclic) bond motifs is 1. The fourth-order valence-electron chi connectivity index (χ4n) is 4.31. The third kappa shape index (κ3) is 7.23. The van der Waals surface area contributed by atoms with Gasteiger partial charge in [-0.2, -0.15) is 15.2 Å². The molecule has 0 aliphatic carbocycles. The van der Waals surface area contributed by atoms with Crippen LogP contribution in [0.15, 0.2) is 49.1 Å². The Kier molecular flexibility index (Phi) is 7.92. The zero-order valence-corrected chi connectivity index (χ0v) is 22.6. The third-order valence-electron chi connectivity index (χ3n) is 6.12. The normalized spacial score (nSPS) is 14.0. The highest BCUT2D eigenvalue weighted by Crippen LogP contribution is 2.21. The Bertz CT molecular complexity index is 1400. The van der Waals surface area contributed by atoms with E-state index >= 15 is 0 Å². The number of anilines is 3. The summed E-state index contributed by atoms with van der Waals surface area (Å²) >= 11 is 0. The van der Waals surface area contributed by atoms with E-state index in [1.807, 2.05) is 36.3 Å². The van der Waals surface area contributed by atoms with Gasteiger partial charge >= 0.3 is 6.09 Å². The maximum atomic E-state index is 11.8. The molecule has 12 heteroatoms. The molecule has 0 bridgehead atoms. The topological polar surface area (TPSA) is 124 Å². The summed E-state index contributed by atoms with van der Waals surface area (Å²) in [4.78, 5) is 23.3. The van der Waals surface area contributed by atoms with Gasteiger partial charge < -0.3 is 25.0 Å². The average molecular weight is 534 g/mol. The van der Waals surface area contributed by atoms with Gasteiger partial charge in [-0.15, -0.1) is 0 Å². The Hall–Kier alpha value is -4.19. The van der Waals surface area contributed by atoms with Crippen LogP contribution in [0.3, 0.4) is 0 Å². The summed E-state index contributed by atoms with van der Waals surface area (Å²) in [6.07, 6.45) is 7.47. The number of morpholine rings is 1. The Morgan fingerprint density at radius 1 is 1.13 bits per heavy atom. The number of ether oxygens (including phenoxy) is 2. The van der Waals surface area contributed by atoms with Crippen LogP contribution in [-0.2, 0) is 22.6 Å². The maximum absolute atomic E-state index is 11.8. The predicted molar refractivity (Wildman–Crippen MR) is 148 cm³/mol. The lowest BCUT2D eigenvalue weighted by Gasteiger charge is -2.29. The minimum atomic E-state index is -0.510. The van der Waals surface area contributed by atoms with Crippen LogP contribution in [-0.4, -0.2) is 74.1 Å². The first-order valence-corrected chi connectivity index (χ1v) is 13.2. The highest BCUT2D eigenvalue weighted by molar-refractivity contribution is 5.75. The molecule has 1 fully saturated rings. The van der Waals surface area contributed by atoms with E-state index in [-0.39, 0.29) is 0 Å². The van der Waals surface area contributed by atoms with Gasteiger partial charge in [0.05, 0.1) is 43.2 Å². The molecule has 1 aliphatic heterocycles. The Balaban J connectivity index is 1.18. The van der Waals surface area contributed by atoms with Gasteiger partial charge in [0, 0.05) is 44.3 Å². The van der Waals surface area contributed by atoms with Gasteiger partial charge in [0.25, 0.3) is 0 Å². The number of aromatic nitrogens is 6. The van der Waals surface area contributed by atoms with Crippen LogP contribution in [0.4, 0.5) is 22.1 Å². The van der Waals surface area contributed by atoms with Gasteiger partial charge in [0.15, 0.2) is 5.65 Å². The first kappa shape index (κ1) is 26.4. The molecule has 4 heterocycles. The molecular formula is C27H35N9O3. The molecule has 0 atom stereocenters. The van der Waals surface area contributed by atoms with Crippen LogP contribution >= 0.6 is 0 Å². The number of hydrogen-bond donors (Lipinski definition) is 2. The van der Waals surface area contributed by atoms with Crippen molar-refractivity contribution in [3.8, 4) is 0 Å². The maximum Gasteiger partial charge on any atom is 0.407 e. The number of carbonyl (C=O) groups excluding carboxylic acids is 1. The average Bonchev–Trinajstić information content (AvgIpc) is 3.53. The number of nitrogens with one attached hydrogen (secondary N) is 2. The van der Waals surface area contributed by atoms with Crippen LogP contribution in [0.1, 0.15) is 32.8 Å². The summed E-state index contributed by atoms with van der Waals surface area (Å²) in [5.74, 6) is 0.470. The lowest BCUT2D eigenvalue weighted by molar-refractivity contribution is 0.0526. The van der Waals surface area contributed by atoms with Crippen LogP contribution in [0.2, 0.25) is 0 Å². The molecule has 3 aromatic heterocycles. The second-order valence-corrected chi connectivity index (χ2v) is 10.4. The van der Waals surface area contributed by atoms with E-state index in [2.05, 4.69) is 55.0 Å². The summed E-state index contributed by atoms with van der Waals surface area (Å²) in [5, 5.41) is 15.8. The smallest absolute Gasteiger partial charge is 0.407 e. The van der Waals surface area contributed by atoms with E-state index in [9.17, 15) is 4.79 Å². The van der Waals surface area contributed by atoms with Crippen LogP contribution in [0.5, 0.6) is 0 Å². The van der Waals surface area contributed by atoms with Crippen LogP contribution < -0.4 is 15.5 Å². The van der Waals surface area contributed by atoms with Crippen molar-refractivity contribution in [1.29, 1.82) is 0 Å². The number of alkyl carbamates (subject to hydrolysis) is 1. The van der Waals surface area contributed by atoms with Crippen molar-refractivity contribution in [1.82, 2.24) is 34.8 Å². The zero-order valence-electron chi connectivity index (χ0n) is 22.6. The van der Waals surface area contributed by atoms with E-state index in [0.717, 1.165) is 55.0 Å². The molecule has 39 heavy (non-hydrogen) atoms. The molecule has 5 rings (SSSR count). The van der Waals surface area contributed by atoms with Crippen molar-refractivity contribution in [3.05, 3.63) is 54.6 Å². The van der Waals surface area contributed by atoms with Crippen molar-refractivity contribution in [2.24, 2.45) is 0 Å². The van der Waals surface area contributed by atoms with Crippen molar-refractivity contribution in [2.75, 3.05) is 43.1 Å². The van der Waals surface area contributed by atoms with Gasteiger partial charge in [0.2, 0.25) is 5.95 Å². The Morgan fingerprint density at radius 2 is 1.97 bits per heavy atom. The fraction of sp³-hybridized carbons (Fsp3) is 0.444. The van der Waals surface area contributed by atoms with E-state index in [1.165, 1.54) is 5.69 Å². The summed E-state index contributed by atoms with van der Waals surface area (Å²) in [5.41, 5.74) is 3.37. The molecule has 12 nitrogen and oxygen atoms in total. The molecular weight excluding hydrogens is 498 g/mol. The number of nitrogens with zero attached hydrogens (tertiary/aromatic N) is 7. The number of rotatable bonds is 9. The third-order valence-corrected chi connectivity index (χ3v) is 6.12. The van der Waals surface area contributed by atoms with Crippen molar-refractivity contribution < 1.29 is 14.3 Å². The van der Waals surface area contributed by atoms with E-state index < -0.39 is 11.7 Å². The SMILES string of the molecule is CC(C)(C)OC(=O)NCCCn1cc(Nc2ncc3cnn(Cc4cccc(N5CCOCC5)c4)c3n2)cn1. The monoisotopic (exact) mass is 533 g/mol. The van der Waals surface area contributed by atoms with Gasteiger partial charge in [-0.05, 0) is 44.9 Å². The number of benzene rings is 1. The highest BCUT2D eigenvalue weighted by atomic mass is 16.6. The van der Waals surface area contributed by atoms with Crippen LogP contribution in [0, 0.1) is 0 Å². The standard InChI is InChI=1S/C27H35N9O3/c1-27(2,3)39-26(37)28-8-5-9-35-19-22(17-30-35)32-25-29-15-21-16-31-36(24(21)33-25)18-20-6-4-7-23(14-20)34-10-12-38-13-11-34/h4,6-7,14-17,19H,5,8-13,18H2,1-3H3,(H,28,37)(H,29,32,33). The Morgan fingerprint density at radius 3 is 2.79 bits per heavy atom. The van der Waals surface area contributed by atoms with Gasteiger partial charge in [-0.1, -0.05) is 12.1 Å². The predicted octanol–water partition coefficient (Wildman–Crippen LogP) is 3.57. The fourth-order valence-corrected chi connectivity index (χ4v) is 4.31. The quantitative estimate of drug-likeness (QED) is 0.311. The van der Waals surface area contributed by atoms with Gasteiger partial charge in [0.1, 0.15) is 5.60 Å². The second-order valence-electron chi connectivity index (χ2n) is 10.4. The van der Waals surface area contributed by atoms with E-state index in [4.69, 9.17) is 14.5 Å². The van der Waals surface area contributed by atoms with Crippen molar-refractivity contribution in [2.45, 2.75) is 45.9 Å². The largest absolute Gasteiger partial charge is 0.444 e. The molecule has 206 valence electrons. The molecule has 2 N–H and O–H groups in total. The minimum Gasteiger partial charge on any atom is -0.444 e. The number of carbonyl (C=O) groups is 1. The van der Waals surface area contributed by atoms with Gasteiger partial charge in [-0.25, -0.2) is 14.5 Å². The molecule has 0 unspecified atom stereocenters. The van der Waals surface area contributed by atoms with E-state index in [0.29, 0.717) is 25.6 Å². The molecule has 1 aromatic carbocycles. The number of aryl methyl sites for hydroxylation is 1. The van der Waals surface area contributed by atoms with E-state index in [1.54, 1.807) is 18.6 Å². The molecule has 0 spiro atoms. The highest BCUT2D eigenvalue weighted by Gasteiger charge is 2.16. The van der Waals surface area contributed by atoms with Crippen LogP contribution in [0.25, 0.3) is 11.0 Å². The summed E-state index contributed by atoms with van der Waals surface area (Å²) in [6.45, 7) is 10.6. The molecule has 0 saturated carbocycles. The minimum absolute atomic E-state index is 0.415. The molecule has 1 saturated heterocycles. The number of amides is 1. The second kappa shape index (κ2) is 11.7. The zero-order chi connectivity index (χ0) is 27.2. The lowest BCUT2D eigenvalue weighted by atomic mass is 10.2. The summed E-state index contributed by atoms with van der Waals surface area (Å²) in [7, 11) is 0. The molecule has 0 radical (unpaired) electrons. The first-order chi connectivity index (χ1) is 18.8. The van der Waals surface area contributed by atoms with Crippen molar-refractivity contribution >= 4 is 34.4 Å².